The zero-order valence-electron chi connectivity index (χ0n) is 14.4. The van der Waals surface area contributed by atoms with E-state index in [4.69, 9.17) is 9.84 Å². The maximum atomic E-state index is 12.0. The molecule has 0 aliphatic rings. The summed E-state index contributed by atoms with van der Waals surface area (Å²) in [5.74, 6) is -0.502. The highest BCUT2D eigenvalue weighted by Crippen LogP contribution is 2.16. The van der Waals surface area contributed by atoms with Gasteiger partial charge in [-0.2, -0.15) is 0 Å². The van der Waals surface area contributed by atoms with Crippen molar-refractivity contribution >= 4 is 11.9 Å². The number of hydrogen-bond acceptors (Lipinski definition) is 4. The predicted octanol–water partition coefficient (Wildman–Crippen LogP) is 2.43. The Labute approximate surface area is 146 Å². The summed E-state index contributed by atoms with van der Waals surface area (Å²) in [5, 5.41) is 11.7. The number of carboxylic acids is 1. The lowest BCUT2D eigenvalue weighted by molar-refractivity contribution is -0.146. The minimum absolute atomic E-state index is 0.0817. The molecule has 0 spiro atoms. The van der Waals surface area contributed by atoms with Crippen molar-refractivity contribution in [3.63, 3.8) is 0 Å². The maximum absolute atomic E-state index is 12.0. The Morgan fingerprint density at radius 1 is 1.20 bits per heavy atom. The Morgan fingerprint density at radius 3 is 2.64 bits per heavy atom. The fourth-order valence-electron chi connectivity index (χ4n) is 2.04. The van der Waals surface area contributed by atoms with Gasteiger partial charge in [0.1, 0.15) is 12.4 Å². The van der Waals surface area contributed by atoms with E-state index in [0.29, 0.717) is 12.4 Å². The molecular weight excluding hydrogens is 320 g/mol. The predicted molar refractivity (Wildman–Crippen MR) is 93.1 cm³/mol. The van der Waals surface area contributed by atoms with Gasteiger partial charge >= 0.3 is 5.97 Å². The van der Waals surface area contributed by atoms with Gasteiger partial charge in [0.05, 0.1) is 11.8 Å². The van der Waals surface area contributed by atoms with Gasteiger partial charge in [0, 0.05) is 24.5 Å². The Balaban J connectivity index is 1.88. The van der Waals surface area contributed by atoms with E-state index >= 15 is 0 Å². The average molecular weight is 342 g/mol. The fraction of sp³-hybridized carbons (Fsp3) is 0.316. The normalized spacial score (nSPS) is 11.0. The molecule has 132 valence electrons. The molecule has 0 aliphatic carbocycles. The Kier molecular flexibility index (Phi) is 6.11. The first kappa shape index (κ1) is 18.4. The summed E-state index contributed by atoms with van der Waals surface area (Å²) in [6, 6.07) is 11.1. The number of carbonyl (C=O) groups is 2. The van der Waals surface area contributed by atoms with Crippen molar-refractivity contribution in [2.45, 2.75) is 26.9 Å². The van der Waals surface area contributed by atoms with Crippen LogP contribution in [0.5, 0.6) is 5.75 Å². The molecule has 1 aromatic heterocycles. The quantitative estimate of drug-likeness (QED) is 0.769. The van der Waals surface area contributed by atoms with Crippen LogP contribution in [0.2, 0.25) is 0 Å². The van der Waals surface area contributed by atoms with Gasteiger partial charge in [-0.05, 0) is 37.6 Å². The molecule has 25 heavy (non-hydrogen) atoms. The van der Waals surface area contributed by atoms with E-state index in [1.165, 1.54) is 0 Å². The van der Waals surface area contributed by atoms with E-state index in [1.54, 1.807) is 32.3 Å². The summed E-state index contributed by atoms with van der Waals surface area (Å²) in [6.45, 7) is 3.62. The second-order valence-corrected chi connectivity index (χ2v) is 6.44. The van der Waals surface area contributed by atoms with E-state index in [0.717, 1.165) is 11.1 Å². The summed E-state index contributed by atoms with van der Waals surface area (Å²) >= 11 is 0. The number of nitrogens with one attached hydrogen (secondary N) is 1. The molecule has 0 radical (unpaired) electrons. The van der Waals surface area contributed by atoms with Gasteiger partial charge < -0.3 is 15.2 Å². The van der Waals surface area contributed by atoms with Crippen LogP contribution in [-0.4, -0.2) is 28.5 Å². The highest BCUT2D eigenvalue weighted by atomic mass is 16.5. The number of ether oxygens (including phenoxy) is 1. The molecule has 1 aromatic carbocycles. The van der Waals surface area contributed by atoms with Crippen molar-refractivity contribution in [2.24, 2.45) is 5.41 Å². The molecule has 6 heteroatoms. The lowest BCUT2D eigenvalue weighted by Gasteiger charge is -2.19. The fourth-order valence-corrected chi connectivity index (χ4v) is 2.04. The summed E-state index contributed by atoms with van der Waals surface area (Å²) in [4.78, 5) is 27.1. The van der Waals surface area contributed by atoms with E-state index in [2.05, 4.69) is 10.3 Å². The van der Waals surface area contributed by atoms with Crippen molar-refractivity contribution < 1.29 is 19.4 Å². The smallest absolute Gasteiger partial charge is 0.310 e. The van der Waals surface area contributed by atoms with Crippen LogP contribution in [0.4, 0.5) is 0 Å². The SMILES string of the molecule is CC(C)(CNC(=O)Cc1cccc(OCc2cccnc2)c1)C(=O)O. The summed E-state index contributed by atoms with van der Waals surface area (Å²) in [6.07, 6.45) is 3.61. The van der Waals surface area contributed by atoms with Gasteiger partial charge in [-0.1, -0.05) is 18.2 Å². The largest absolute Gasteiger partial charge is 0.489 e. The third-order valence-corrected chi connectivity index (χ3v) is 3.70. The standard InChI is InChI=1S/C19H22N2O4/c1-19(2,18(23)24)13-21-17(22)10-14-5-3-7-16(9-14)25-12-15-6-4-8-20-11-15/h3-9,11H,10,12-13H2,1-2H3,(H,21,22)(H,23,24). The van der Waals surface area contributed by atoms with Crippen LogP contribution in [0, 0.1) is 5.41 Å². The van der Waals surface area contributed by atoms with E-state index in [1.807, 2.05) is 30.3 Å². The number of nitrogens with zero attached hydrogens (tertiary/aromatic N) is 1. The van der Waals surface area contributed by atoms with E-state index < -0.39 is 11.4 Å². The number of rotatable bonds is 8. The number of benzene rings is 1. The summed E-state index contributed by atoms with van der Waals surface area (Å²) < 4.78 is 5.71. The molecule has 1 amide bonds. The number of carbonyl (C=O) groups excluding carboxylic acids is 1. The topological polar surface area (TPSA) is 88.5 Å². The molecule has 0 bridgehead atoms. The van der Waals surface area contributed by atoms with Crippen LogP contribution >= 0.6 is 0 Å². The van der Waals surface area contributed by atoms with E-state index in [9.17, 15) is 9.59 Å². The van der Waals surface area contributed by atoms with Crippen LogP contribution in [0.3, 0.4) is 0 Å². The third-order valence-electron chi connectivity index (χ3n) is 3.70. The molecular formula is C19H22N2O4. The zero-order valence-corrected chi connectivity index (χ0v) is 14.4. The molecule has 0 saturated heterocycles. The van der Waals surface area contributed by atoms with Crippen molar-refractivity contribution in [1.29, 1.82) is 0 Å². The molecule has 0 atom stereocenters. The van der Waals surface area contributed by atoms with E-state index in [-0.39, 0.29) is 18.9 Å². The van der Waals surface area contributed by atoms with Gasteiger partial charge in [-0.3, -0.25) is 14.6 Å². The number of hydrogen-bond donors (Lipinski definition) is 2. The highest BCUT2D eigenvalue weighted by Gasteiger charge is 2.27. The van der Waals surface area contributed by atoms with Crippen LogP contribution in [0.1, 0.15) is 25.0 Å². The van der Waals surface area contributed by atoms with Crippen molar-refractivity contribution in [3.8, 4) is 5.75 Å². The molecule has 2 rings (SSSR count). The van der Waals surface area contributed by atoms with Gasteiger partial charge in [0.2, 0.25) is 5.91 Å². The first-order valence-corrected chi connectivity index (χ1v) is 7.97. The third kappa shape index (κ3) is 5.91. The Bertz CT molecular complexity index is 729. The first-order chi connectivity index (χ1) is 11.9. The molecule has 0 saturated carbocycles. The Hall–Kier alpha value is -2.89. The van der Waals surface area contributed by atoms with Crippen molar-refractivity contribution in [3.05, 3.63) is 59.9 Å². The van der Waals surface area contributed by atoms with Crippen molar-refractivity contribution in [1.82, 2.24) is 10.3 Å². The van der Waals surface area contributed by atoms with Crippen LogP contribution in [0.25, 0.3) is 0 Å². The first-order valence-electron chi connectivity index (χ1n) is 7.97. The maximum Gasteiger partial charge on any atom is 0.310 e. The minimum Gasteiger partial charge on any atom is -0.489 e. The number of carboxylic acid groups (broad SMARTS) is 1. The van der Waals surface area contributed by atoms with Crippen molar-refractivity contribution in [2.75, 3.05) is 6.54 Å². The average Bonchev–Trinajstić information content (AvgIpc) is 2.59. The Morgan fingerprint density at radius 2 is 1.96 bits per heavy atom. The molecule has 1 heterocycles. The number of pyridine rings is 1. The number of aromatic nitrogens is 1. The van der Waals surface area contributed by atoms with Gasteiger partial charge in [0.15, 0.2) is 0 Å². The second-order valence-electron chi connectivity index (χ2n) is 6.44. The van der Waals surface area contributed by atoms with Crippen LogP contribution in [0.15, 0.2) is 48.8 Å². The molecule has 0 unspecified atom stereocenters. The van der Waals surface area contributed by atoms with Crippen LogP contribution < -0.4 is 10.1 Å². The molecule has 0 aliphatic heterocycles. The monoisotopic (exact) mass is 342 g/mol. The number of aliphatic carboxylic acids is 1. The van der Waals surface area contributed by atoms with Gasteiger partial charge in [-0.25, -0.2) is 0 Å². The van der Waals surface area contributed by atoms with Gasteiger partial charge in [0.25, 0.3) is 0 Å². The second kappa shape index (κ2) is 8.28. The summed E-state index contributed by atoms with van der Waals surface area (Å²) in [7, 11) is 0. The lowest BCUT2D eigenvalue weighted by Crippen LogP contribution is -2.39. The molecule has 0 fully saturated rings. The minimum atomic E-state index is -0.996. The molecule has 2 N–H and O–H groups in total. The zero-order chi connectivity index (χ0) is 18.3. The highest BCUT2D eigenvalue weighted by molar-refractivity contribution is 5.80. The number of amides is 1. The molecule has 2 aromatic rings. The summed E-state index contributed by atoms with van der Waals surface area (Å²) in [5.41, 5.74) is 0.764. The van der Waals surface area contributed by atoms with Gasteiger partial charge in [-0.15, -0.1) is 0 Å². The van der Waals surface area contributed by atoms with Crippen LogP contribution in [-0.2, 0) is 22.6 Å². The lowest BCUT2D eigenvalue weighted by atomic mass is 9.94. The molecule has 6 nitrogen and oxygen atoms in total.